The molecule has 0 spiro atoms. The van der Waals surface area contributed by atoms with E-state index in [-0.39, 0.29) is 22.2 Å². The smallest absolute Gasteiger partial charge is 0.161 e. The van der Waals surface area contributed by atoms with Crippen LogP contribution in [-0.2, 0) is 21.1 Å². The molecule has 0 aliphatic carbocycles. The second kappa shape index (κ2) is 13.6. The summed E-state index contributed by atoms with van der Waals surface area (Å²) in [7, 11) is -1.95. The van der Waals surface area contributed by atoms with E-state index in [9.17, 15) is 9.46 Å². The fourth-order valence-electron chi connectivity index (χ4n) is 1.80. The molecule has 0 radical (unpaired) electrons. The third-order valence-electron chi connectivity index (χ3n) is 2.84. The molecule has 2 nitrogen and oxygen atoms in total. The fraction of sp³-hybridized carbons (Fsp3) is 1.00. The van der Waals surface area contributed by atoms with Gasteiger partial charge in [0.1, 0.15) is 0 Å². The van der Waals surface area contributed by atoms with Crippen molar-refractivity contribution in [2.45, 2.75) is 77.3 Å². The Morgan fingerprint density at radius 3 is 1.81 bits per heavy atom. The predicted molar refractivity (Wildman–Crippen MR) is 66.5 cm³/mol. The van der Waals surface area contributed by atoms with Gasteiger partial charge in [0.05, 0.1) is 0 Å². The van der Waals surface area contributed by atoms with E-state index in [4.69, 9.17) is 0 Å². The summed E-state index contributed by atoms with van der Waals surface area (Å²) in [4.78, 5) is 9.18. The van der Waals surface area contributed by atoms with Crippen LogP contribution in [0.2, 0.25) is 0 Å². The first-order valence-electron chi connectivity index (χ1n) is 6.37. The van der Waals surface area contributed by atoms with Gasteiger partial charge in [-0.05, 0) is 30.2 Å². The maximum atomic E-state index is 11.1. The Kier molecular flexibility index (Phi) is 16.1. The second-order valence-corrected chi connectivity index (χ2v) is 5.64. The molecule has 0 aromatic carbocycles. The van der Waals surface area contributed by atoms with E-state index in [1.165, 1.54) is 32.1 Å². The van der Waals surface area contributed by atoms with Crippen LogP contribution >= 0.6 is 8.03 Å². The summed E-state index contributed by atoms with van der Waals surface area (Å²) in [6.07, 6.45) is 10.2. The van der Waals surface area contributed by atoms with Crippen molar-refractivity contribution in [1.29, 1.82) is 0 Å². The Balaban J connectivity index is 0. The fourth-order valence-corrected chi connectivity index (χ4v) is 2.61. The van der Waals surface area contributed by atoms with Crippen molar-refractivity contribution in [3.63, 3.8) is 0 Å². The van der Waals surface area contributed by atoms with Crippen LogP contribution in [0, 0.1) is 0 Å². The summed E-state index contributed by atoms with van der Waals surface area (Å²) in [6, 6.07) is 0. The molecule has 2 atom stereocenters. The van der Waals surface area contributed by atoms with Gasteiger partial charge in [-0.25, -0.2) is 0 Å². The molecule has 2 unspecified atom stereocenters. The molecular formula is C12H26NiO2P+. The first kappa shape index (κ1) is 18.9. The van der Waals surface area contributed by atoms with Crippen molar-refractivity contribution in [3.8, 4) is 0 Å². The van der Waals surface area contributed by atoms with E-state index in [1.54, 1.807) is 0 Å². The van der Waals surface area contributed by atoms with Gasteiger partial charge in [0.2, 0.25) is 0 Å². The van der Waals surface area contributed by atoms with Crippen LogP contribution in [0.1, 0.15) is 71.6 Å². The molecule has 0 aromatic rings. The predicted octanol–water partition coefficient (Wildman–Crippen LogP) is 4.64. The summed E-state index contributed by atoms with van der Waals surface area (Å²) in [6.45, 7) is 4.35. The van der Waals surface area contributed by atoms with Gasteiger partial charge in [0, 0.05) is 16.5 Å². The summed E-state index contributed by atoms with van der Waals surface area (Å²) < 4.78 is 11.1. The van der Waals surface area contributed by atoms with Gasteiger partial charge in [-0.2, -0.15) is 4.89 Å². The Labute approximate surface area is 111 Å². The third kappa shape index (κ3) is 11.1. The first-order chi connectivity index (χ1) is 7.22. The zero-order valence-corrected chi connectivity index (χ0v) is 12.4. The number of hydrogen-bond acceptors (Lipinski definition) is 1. The molecule has 16 heavy (non-hydrogen) atoms. The van der Waals surface area contributed by atoms with Crippen LogP contribution in [0.4, 0.5) is 0 Å². The van der Waals surface area contributed by atoms with Crippen LogP contribution in [0.15, 0.2) is 0 Å². The van der Waals surface area contributed by atoms with Crippen molar-refractivity contribution in [2.75, 3.05) is 0 Å². The largest absolute Gasteiger partial charge is 0.508 e. The quantitative estimate of drug-likeness (QED) is 0.362. The summed E-state index contributed by atoms with van der Waals surface area (Å²) >= 11 is 0. The Bertz CT molecular complexity index is 165. The minimum atomic E-state index is -1.95. The summed E-state index contributed by atoms with van der Waals surface area (Å²) in [5.41, 5.74) is 0.0587. The topological polar surface area (TPSA) is 37.3 Å². The molecule has 0 saturated carbocycles. The molecule has 0 rings (SSSR count). The second-order valence-electron chi connectivity index (χ2n) is 4.30. The zero-order chi connectivity index (χ0) is 11.5. The molecule has 0 aromatic heterocycles. The van der Waals surface area contributed by atoms with Crippen LogP contribution in [0.5, 0.6) is 0 Å². The standard InChI is InChI=1S/C12H25O2P.Ni/c1-3-5-7-9-11-12(15(13)14)10-8-6-4-2;/h12H,3-11H2,1-2H3;/p+1. The van der Waals surface area contributed by atoms with Gasteiger partial charge in [-0.1, -0.05) is 46.0 Å². The average Bonchev–Trinajstić information content (AvgIpc) is 2.21. The van der Waals surface area contributed by atoms with E-state index in [1.807, 2.05) is 0 Å². The molecule has 0 heterocycles. The molecular weight excluding hydrogens is 266 g/mol. The Morgan fingerprint density at radius 2 is 1.38 bits per heavy atom. The molecule has 4 heteroatoms. The third-order valence-corrected chi connectivity index (χ3v) is 3.99. The normalized spacial score (nSPS) is 13.1. The van der Waals surface area contributed by atoms with Crippen molar-refractivity contribution in [1.82, 2.24) is 0 Å². The minimum Gasteiger partial charge on any atom is -0.161 e. The number of unbranched alkanes of at least 4 members (excludes halogenated alkanes) is 5. The van der Waals surface area contributed by atoms with E-state index >= 15 is 0 Å². The minimum absolute atomic E-state index is 0. The first-order valence-corrected chi connectivity index (χ1v) is 7.65. The maximum absolute atomic E-state index is 11.1. The SMILES string of the molecule is CCCCCCC(CCCCC)[P+](=O)O.[Ni]. The maximum Gasteiger partial charge on any atom is 0.508 e. The molecule has 0 amide bonds. The molecule has 1 N–H and O–H groups in total. The van der Waals surface area contributed by atoms with Gasteiger partial charge in [-0.3, -0.25) is 0 Å². The van der Waals surface area contributed by atoms with Gasteiger partial charge < -0.3 is 0 Å². The van der Waals surface area contributed by atoms with Crippen LogP contribution < -0.4 is 0 Å². The van der Waals surface area contributed by atoms with Crippen molar-refractivity contribution < 1.29 is 25.9 Å². The average molecular weight is 292 g/mol. The van der Waals surface area contributed by atoms with E-state index in [0.29, 0.717) is 0 Å². The van der Waals surface area contributed by atoms with Crippen molar-refractivity contribution >= 4 is 8.03 Å². The Hall–Kier alpha value is 0.554. The van der Waals surface area contributed by atoms with Crippen LogP contribution in [0.25, 0.3) is 0 Å². The molecule has 0 fully saturated rings. The summed E-state index contributed by atoms with van der Waals surface area (Å²) in [5.74, 6) is 0. The van der Waals surface area contributed by atoms with E-state index in [0.717, 1.165) is 25.7 Å². The van der Waals surface area contributed by atoms with Gasteiger partial charge in [0.25, 0.3) is 0 Å². The van der Waals surface area contributed by atoms with Crippen LogP contribution in [0.3, 0.4) is 0 Å². The molecule has 0 bridgehead atoms. The van der Waals surface area contributed by atoms with Gasteiger partial charge in [-0.15, -0.1) is 0 Å². The van der Waals surface area contributed by atoms with E-state index < -0.39 is 8.03 Å². The molecule has 100 valence electrons. The monoisotopic (exact) mass is 291 g/mol. The Morgan fingerprint density at radius 1 is 0.938 bits per heavy atom. The van der Waals surface area contributed by atoms with Crippen molar-refractivity contribution in [2.24, 2.45) is 0 Å². The van der Waals surface area contributed by atoms with E-state index in [2.05, 4.69) is 13.8 Å². The number of rotatable bonds is 10. The molecule has 0 aliphatic heterocycles. The zero-order valence-electron chi connectivity index (χ0n) is 10.6. The van der Waals surface area contributed by atoms with Gasteiger partial charge in [0.15, 0.2) is 5.66 Å². The van der Waals surface area contributed by atoms with Crippen LogP contribution in [-0.4, -0.2) is 10.6 Å². The molecule has 0 aliphatic rings. The van der Waals surface area contributed by atoms with Crippen molar-refractivity contribution in [3.05, 3.63) is 0 Å². The number of hydrogen-bond donors (Lipinski definition) is 1. The van der Waals surface area contributed by atoms with Gasteiger partial charge >= 0.3 is 8.03 Å². The summed E-state index contributed by atoms with van der Waals surface area (Å²) in [5, 5.41) is 0. The molecule has 0 saturated heterocycles.